The Morgan fingerprint density at radius 3 is 2.72 bits per heavy atom. The van der Waals surface area contributed by atoms with Crippen LogP contribution in [0.15, 0.2) is 24.3 Å². The highest BCUT2D eigenvalue weighted by molar-refractivity contribution is 5.85. The summed E-state index contributed by atoms with van der Waals surface area (Å²) in [7, 11) is 0. The summed E-state index contributed by atoms with van der Waals surface area (Å²) in [6, 6.07) is 6.44. The summed E-state index contributed by atoms with van der Waals surface area (Å²) in [4.78, 5) is 11.6. The van der Waals surface area contributed by atoms with Gasteiger partial charge in [-0.25, -0.2) is 4.39 Å². The molecule has 0 saturated carbocycles. The maximum absolute atomic E-state index is 12.7. The second kappa shape index (κ2) is 7.34. The van der Waals surface area contributed by atoms with Crippen molar-refractivity contribution in [3.8, 4) is 0 Å². The molecule has 100 valence electrons. The van der Waals surface area contributed by atoms with Gasteiger partial charge in [-0.3, -0.25) is 4.79 Å². The van der Waals surface area contributed by atoms with Gasteiger partial charge in [-0.1, -0.05) is 12.1 Å². The molecule has 1 aromatic rings. The zero-order valence-corrected chi connectivity index (χ0v) is 10.9. The molecule has 0 aliphatic carbocycles. The fraction of sp³-hybridized carbons (Fsp3) is 0.462. The van der Waals surface area contributed by atoms with E-state index in [1.54, 1.807) is 12.1 Å². The normalized spacial score (nSPS) is 18.2. The molecule has 1 heterocycles. The van der Waals surface area contributed by atoms with Gasteiger partial charge in [0, 0.05) is 12.6 Å². The van der Waals surface area contributed by atoms with Crippen molar-refractivity contribution in [2.45, 2.75) is 25.3 Å². The zero-order valence-electron chi connectivity index (χ0n) is 10.1. The van der Waals surface area contributed by atoms with Crippen molar-refractivity contribution in [2.75, 3.05) is 13.1 Å². The Balaban J connectivity index is 0.00000162. The second-order valence-electron chi connectivity index (χ2n) is 4.40. The predicted octanol–water partition coefficient (Wildman–Crippen LogP) is 1.66. The lowest BCUT2D eigenvalue weighted by Gasteiger charge is -2.11. The molecule has 0 bridgehead atoms. The predicted molar refractivity (Wildman–Crippen MR) is 71.4 cm³/mol. The molecular weight excluding hydrogens is 255 g/mol. The number of nitrogens with one attached hydrogen (secondary N) is 2. The fourth-order valence-corrected chi connectivity index (χ4v) is 2.02. The Bertz CT molecular complexity index is 377. The van der Waals surface area contributed by atoms with E-state index < -0.39 is 0 Å². The Hall–Kier alpha value is -1.13. The quantitative estimate of drug-likeness (QED) is 0.875. The second-order valence-corrected chi connectivity index (χ2v) is 4.40. The van der Waals surface area contributed by atoms with Gasteiger partial charge < -0.3 is 10.6 Å². The van der Waals surface area contributed by atoms with Crippen LogP contribution in [0.25, 0.3) is 0 Å². The van der Waals surface area contributed by atoms with Crippen LogP contribution >= 0.6 is 12.4 Å². The Labute approximate surface area is 113 Å². The molecule has 0 aromatic heterocycles. The van der Waals surface area contributed by atoms with Crippen molar-refractivity contribution in [3.63, 3.8) is 0 Å². The molecule has 18 heavy (non-hydrogen) atoms. The fourth-order valence-electron chi connectivity index (χ4n) is 2.02. The van der Waals surface area contributed by atoms with Crippen LogP contribution < -0.4 is 10.6 Å². The van der Waals surface area contributed by atoms with Crippen LogP contribution in [-0.4, -0.2) is 25.0 Å². The maximum Gasteiger partial charge on any atom is 0.224 e. The number of rotatable bonds is 4. The first-order chi connectivity index (χ1) is 8.24. The van der Waals surface area contributed by atoms with E-state index in [0.29, 0.717) is 19.0 Å². The van der Waals surface area contributed by atoms with Crippen LogP contribution in [0.3, 0.4) is 0 Å². The summed E-state index contributed by atoms with van der Waals surface area (Å²) in [5.41, 5.74) is 0.836. The number of halogens is 2. The highest BCUT2D eigenvalue weighted by Crippen LogP contribution is 2.05. The van der Waals surface area contributed by atoms with Crippen molar-refractivity contribution in [2.24, 2.45) is 0 Å². The van der Waals surface area contributed by atoms with Gasteiger partial charge in [0.15, 0.2) is 0 Å². The largest absolute Gasteiger partial charge is 0.354 e. The monoisotopic (exact) mass is 272 g/mol. The summed E-state index contributed by atoms with van der Waals surface area (Å²) in [5.74, 6) is -0.283. The number of carbonyl (C=O) groups is 1. The molecule has 0 radical (unpaired) electrons. The topological polar surface area (TPSA) is 41.1 Å². The lowest BCUT2D eigenvalue weighted by atomic mass is 10.1. The van der Waals surface area contributed by atoms with Gasteiger partial charge in [0.2, 0.25) is 5.91 Å². The molecule has 1 aromatic carbocycles. The average Bonchev–Trinajstić information content (AvgIpc) is 2.83. The van der Waals surface area contributed by atoms with E-state index in [0.717, 1.165) is 18.5 Å². The third-order valence-corrected chi connectivity index (χ3v) is 2.99. The van der Waals surface area contributed by atoms with E-state index in [4.69, 9.17) is 0 Å². The highest BCUT2D eigenvalue weighted by Gasteiger charge is 2.14. The molecule has 1 amide bonds. The Morgan fingerprint density at radius 2 is 2.11 bits per heavy atom. The van der Waals surface area contributed by atoms with Crippen LogP contribution in [0.2, 0.25) is 0 Å². The van der Waals surface area contributed by atoms with Crippen LogP contribution in [0.4, 0.5) is 4.39 Å². The van der Waals surface area contributed by atoms with Crippen LogP contribution in [-0.2, 0) is 11.2 Å². The van der Waals surface area contributed by atoms with E-state index in [2.05, 4.69) is 10.6 Å². The zero-order chi connectivity index (χ0) is 12.1. The van der Waals surface area contributed by atoms with Gasteiger partial charge in [0.1, 0.15) is 5.82 Å². The summed E-state index contributed by atoms with van der Waals surface area (Å²) in [5, 5.41) is 6.21. The highest BCUT2D eigenvalue weighted by atomic mass is 35.5. The van der Waals surface area contributed by atoms with Crippen molar-refractivity contribution in [3.05, 3.63) is 35.6 Å². The first-order valence-corrected chi connectivity index (χ1v) is 5.98. The van der Waals surface area contributed by atoms with Gasteiger partial charge in [0.25, 0.3) is 0 Å². The van der Waals surface area contributed by atoms with Gasteiger partial charge in [-0.15, -0.1) is 12.4 Å². The lowest BCUT2D eigenvalue weighted by molar-refractivity contribution is -0.120. The maximum atomic E-state index is 12.7. The molecule has 1 unspecified atom stereocenters. The van der Waals surface area contributed by atoms with Crippen molar-refractivity contribution >= 4 is 18.3 Å². The van der Waals surface area contributed by atoms with Gasteiger partial charge in [-0.05, 0) is 37.1 Å². The number of hydrogen-bond donors (Lipinski definition) is 2. The van der Waals surface area contributed by atoms with Crippen molar-refractivity contribution in [1.29, 1.82) is 0 Å². The van der Waals surface area contributed by atoms with E-state index in [-0.39, 0.29) is 24.1 Å². The van der Waals surface area contributed by atoms with E-state index in [9.17, 15) is 9.18 Å². The summed E-state index contributed by atoms with van der Waals surface area (Å²) < 4.78 is 12.7. The van der Waals surface area contributed by atoms with Gasteiger partial charge in [-0.2, -0.15) is 0 Å². The van der Waals surface area contributed by atoms with Gasteiger partial charge >= 0.3 is 0 Å². The number of benzene rings is 1. The number of amides is 1. The molecule has 2 N–H and O–H groups in total. The minimum Gasteiger partial charge on any atom is -0.354 e. The third-order valence-electron chi connectivity index (χ3n) is 2.99. The molecule has 5 heteroatoms. The SMILES string of the molecule is Cl.O=C(Cc1ccc(F)cc1)NCC1CCCN1. The van der Waals surface area contributed by atoms with Crippen LogP contribution in [0, 0.1) is 5.82 Å². The van der Waals surface area contributed by atoms with Crippen LogP contribution in [0.1, 0.15) is 18.4 Å². The van der Waals surface area contributed by atoms with E-state index in [1.807, 2.05) is 0 Å². The minimum absolute atomic E-state index is 0. The molecule has 0 spiro atoms. The molecule has 1 aliphatic heterocycles. The minimum atomic E-state index is -0.274. The summed E-state index contributed by atoms with van der Waals surface area (Å²) in [6.07, 6.45) is 2.61. The molecule has 1 aliphatic rings. The number of hydrogen-bond acceptors (Lipinski definition) is 2. The standard InChI is InChI=1S/C13H17FN2O.ClH/c14-11-5-3-10(4-6-11)8-13(17)16-9-12-2-1-7-15-12;/h3-6,12,15H,1-2,7-9H2,(H,16,17);1H. The third kappa shape index (κ3) is 4.63. The Morgan fingerprint density at radius 1 is 1.39 bits per heavy atom. The molecule has 1 fully saturated rings. The first kappa shape index (κ1) is 14.9. The van der Waals surface area contributed by atoms with E-state index >= 15 is 0 Å². The average molecular weight is 273 g/mol. The lowest BCUT2D eigenvalue weighted by Crippen LogP contribution is -2.37. The molecule has 2 rings (SSSR count). The summed E-state index contributed by atoms with van der Waals surface area (Å²) >= 11 is 0. The molecule has 1 atom stereocenters. The van der Waals surface area contributed by atoms with E-state index in [1.165, 1.54) is 18.6 Å². The van der Waals surface area contributed by atoms with Crippen LogP contribution in [0.5, 0.6) is 0 Å². The molecule has 3 nitrogen and oxygen atoms in total. The number of carbonyl (C=O) groups excluding carboxylic acids is 1. The molecular formula is C13H18ClFN2O. The van der Waals surface area contributed by atoms with Gasteiger partial charge in [0.05, 0.1) is 6.42 Å². The smallest absolute Gasteiger partial charge is 0.224 e. The Kier molecular flexibility index (Phi) is 6.09. The molecule has 1 saturated heterocycles. The first-order valence-electron chi connectivity index (χ1n) is 5.98. The van der Waals surface area contributed by atoms with Crippen molar-refractivity contribution in [1.82, 2.24) is 10.6 Å². The summed E-state index contributed by atoms with van der Waals surface area (Å²) in [6.45, 7) is 1.72. The van der Waals surface area contributed by atoms with Crippen molar-refractivity contribution < 1.29 is 9.18 Å².